The van der Waals surface area contributed by atoms with Crippen molar-refractivity contribution in [3.8, 4) is 5.69 Å². The molecule has 0 saturated heterocycles. The number of aliphatic imine (C=N–C) groups is 1. The minimum Gasteiger partial charge on any atom is -0.331 e. The summed E-state index contributed by atoms with van der Waals surface area (Å²) in [7, 11) is -3.79. The fourth-order valence-corrected chi connectivity index (χ4v) is 4.22. The molecule has 8 heteroatoms. The van der Waals surface area contributed by atoms with Gasteiger partial charge < -0.3 is 5.32 Å². The lowest BCUT2D eigenvalue weighted by molar-refractivity contribution is 0.600. The Morgan fingerprint density at radius 1 is 1.12 bits per heavy atom. The van der Waals surface area contributed by atoms with Gasteiger partial charge in [-0.1, -0.05) is 30.3 Å². The molecule has 1 aliphatic heterocycles. The zero-order chi connectivity index (χ0) is 18.1. The van der Waals surface area contributed by atoms with Gasteiger partial charge in [-0.05, 0) is 30.7 Å². The Labute approximate surface area is 151 Å². The van der Waals surface area contributed by atoms with Crippen molar-refractivity contribution in [3.63, 3.8) is 0 Å². The number of rotatable bonds is 4. The Bertz CT molecular complexity index is 1090. The van der Waals surface area contributed by atoms with Crippen molar-refractivity contribution < 1.29 is 8.42 Å². The number of benzene rings is 2. The molecule has 0 aliphatic carbocycles. The Morgan fingerprint density at radius 2 is 1.92 bits per heavy atom. The molecule has 26 heavy (non-hydrogen) atoms. The van der Waals surface area contributed by atoms with E-state index in [2.05, 4.69) is 20.1 Å². The summed E-state index contributed by atoms with van der Waals surface area (Å²) in [6.45, 7) is 2.38. The number of nitrogens with zero attached hydrogens (tertiary/aromatic N) is 3. The minimum atomic E-state index is -3.79. The number of aromatic nitrogens is 2. The van der Waals surface area contributed by atoms with Crippen LogP contribution in [0.3, 0.4) is 0 Å². The second kappa shape index (κ2) is 6.30. The number of aryl methyl sites for hydroxylation is 1. The molecule has 3 aromatic rings. The largest absolute Gasteiger partial charge is 0.331 e. The first-order valence-corrected chi connectivity index (χ1v) is 9.54. The highest BCUT2D eigenvalue weighted by Gasteiger charge is 2.24. The van der Waals surface area contributed by atoms with Gasteiger partial charge in [0.1, 0.15) is 10.7 Å². The average Bonchev–Trinajstić information content (AvgIpc) is 3.06. The topological polar surface area (TPSA) is 88.4 Å². The number of hydrogen-bond acceptors (Lipinski definition) is 5. The van der Waals surface area contributed by atoms with Gasteiger partial charge in [-0.25, -0.2) is 13.1 Å². The molecule has 7 nitrogen and oxygen atoms in total. The first-order chi connectivity index (χ1) is 12.6. The summed E-state index contributed by atoms with van der Waals surface area (Å²) in [5, 5.41) is 7.45. The third-order valence-electron chi connectivity index (χ3n) is 4.13. The molecule has 0 spiro atoms. The SMILES string of the molecule is Cc1cccc(S(=O)(=O)Nc2ccccc2)c1-n1ncc2c1NC=NC2. The monoisotopic (exact) mass is 367 g/mol. The van der Waals surface area contributed by atoms with Gasteiger partial charge in [0.15, 0.2) is 0 Å². The van der Waals surface area contributed by atoms with Crippen molar-refractivity contribution in [1.82, 2.24) is 9.78 Å². The molecule has 2 heterocycles. The zero-order valence-corrected chi connectivity index (χ0v) is 14.9. The second-order valence-corrected chi connectivity index (χ2v) is 7.59. The summed E-state index contributed by atoms with van der Waals surface area (Å²) in [5.41, 5.74) is 2.74. The van der Waals surface area contributed by atoms with Crippen molar-refractivity contribution in [1.29, 1.82) is 0 Å². The number of hydrogen-bond donors (Lipinski definition) is 2. The van der Waals surface area contributed by atoms with Crippen molar-refractivity contribution in [3.05, 3.63) is 65.9 Å². The standard InChI is InChI=1S/C18H17N5O2S/c1-13-6-5-9-16(26(24,25)22-15-7-3-2-4-8-15)17(13)23-18-14(11-21-23)10-19-12-20-18/h2-9,11-12,22H,10H2,1H3,(H,19,20). The number of para-hydroxylation sites is 2. The van der Waals surface area contributed by atoms with E-state index in [-0.39, 0.29) is 4.90 Å². The highest BCUT2D eigenvalue weighted by atomic mass is 32.2. The highest BCUT2D eigenvalue weighted by Crippen LogP contribution is 2.30. The van der Waals surface area contributed by atoms with Crippen LogP contribution in [0, 0.1) is 6.92 Å². The lowest BCUT2D eigenvalue weighted by Gasteiger charge is -2.17. The van der Waals surface area contributed by atoms with E-state index in [1.807, 2.05) is 19.1 Å². The molecule has 0 amide bonds. The zero-order valence-electron chi connectivity index (χ0n) is 14.0. The number of sulfonamides is 1. The number of fused-ring (bicyclic) bond motifs is 1. The quantitative estimate of drug-likeness (QED) is 0.742. The third-order valence-corrected chi connectivity index (χ3v) is 5.54. The number of anilines is 2. The van der Waals surface area contributed by atoms with E-state index in [0.717, 1.165) is 16.9 Å². The van der Waals surface area contributed by atoms with Gasteiger partial charge in [0.25, 0.3) is 10.0 Å². The Morgan fingerprint density at radius 3 is 2.73 bits per heavy atom. The van der Waals surface area contributed by atoms with E-state index in [9.17, 15) is 8.42 Å². The molecule has 0 atom stereocenters. The molecule has 2 N–H and O–H groups in total. The molecule has 1 aromatic heterocycles. The molecule has 0 saturated carbocycles. The van der Waals surface area contributed by atoms with E-state index >= 15 is 0 Å². The molecular weight excluding hydrogens is 350 g/mol. The molecule has 0 unspecified atom stereocenters. The van der Waals surface area contributed by atoms with Crippen LogP contribution in [0.25, 0.3) is 5.69 Å². The van der Waals surface area contributed by atoms with E-state index in [1.165, 1.54) is 0 Å². The van der Waals surface area contributed by atoms with Gasteiger partial charge >= 0.3 is 0 Å². The Kier molecular flexibility index (Phi) is 3.96. The summed E-state index contributed by atoms with van der Waals surface area (Å²) in [5.74, 6) is 0.727. The maximum Gasteiger partial charge on any atom is 0.264 e. The fourth-order valence-electron chi connectivity index (χ4n) is 2.91. The second-order valence-electron chi connectivity index (χ2n) is 5.94. The van der Waals surface area contributed by atoms with Crippen LogP contribution in [0.1, 0.15) is 11.1 Å². The molecule has 2 aromatic carbocycles. The van der Waals surface area contributed by atoms with E-state index in [4.69, 9.17) is 0 Å². The van der Waals surface area contributed by atoms with Crippen molar-refractivity contribution in [2.75, 3.05) is 10.0 Å². The van der Waals surface area contributed by atoms with E-state index in [0.29, 0.717) is 17.9 Å². The van der Waals surface area contributed by atoms with Gasteiger partial charge in [-0.2, -0.15) is 5.10 Å². The predicted molar refractivity (Wildman–Crippen MR) is 101 cm³/mol. The lowest BCUT2D eigenvalue weighted by atomic mass is 10.2. The maximum atomic E-state index is 13.0. The van der Waals surface area contributed by atoms with Gasteiger partial charge in [0, 0.05) is 11.3 Å². The summed E-state index contributed by atoms with van der Waals surface area (Å²) in [6, 6.07) is 14.0. The summed E-state index contributed by atoms with van der Waals surface area (Å²) >= 11 is 0. The third kappa shape index (κ3) is 2.84. The summed E-state index contributed by atoms with van der Waals surface area (Å²) in [6.07, 6.45) is 3.29. The maximum absolute atomic E-state index is 13.0. The van der Waals surface area contributed by atoms with Crippen LogP contribution in [0.4, 0.5) is 11.5 Å². The fraction of sp³-hybridized carbons (Fsp3) is 0.111. The molecule has 0 radical (unpaired) electrons. The Balaban J connectivity index is 1.84. The van der Waals surface area contributed by atoms with Gasteiger partial charge in [0.05, 0.1) is 24.8 Å². The number of nitrogens with one attached hydrogen (secondary N) is 2. The van der Waals surface area contributed by atoms with Crippen molar-refractivity contribution in [2.24, 2.45) is 4.99 Å². The molecule has 4 rings (SSSR count). The van der Waals surface area contributed by atoms with Crippen LogP contribution in [0.15, 0.2) is 64.6 Å². The van der Waals surface area contributed by atoms with Crippen molar-refractivity contribution in [2.45, 2.75) is 18.4 Å². The van der Waals surface area contributed by atoms with Crippen LogP contribution in [0.2, 0.25) is 0 Å². The van der Waals surface area contributed by atoms with Crippen LogP contribution < -0.4 is 10.0 Å². The normalized spacial score (nSPS) is 13.1. The molecule has 1 aliphatic rings. The molecule has 0 fully saturated rings. The smallest absolute Gasteiger partial charge is 0.264 e. The van der Waals surface area contributed by atoms with Gasteiger partial charge in [-0.15, -0.1) is 0 Å². The van der Waals surface area contributed by atoms with Gasteiger partial charge in [-0.3, -0.25) is 9.71 Å². The van der Waals surface area contributed by atoms with Crippen molar-refractivity contribution >= 4 is 27.9 Å². The minimum absolute atomic E-state index is 0.163. The molecule has 0 bridgehead atoms. The van der Waals surface area contributed by atoms with E-state index < -0.39 is 10.0 Å². The summed E-state index contributed by atoms with van der Waals surface area (Å²) < 4.78 is 30.3. The Hall–Kier alpha value is -3.13. The highest BCUT2D eigenvalue weighted by molar-refractivity contribution is 7.92. The van der Waals surface area contributed by atoms with Crippen LogP contribution in [-0.4, -0.2) is 24.5 Å². The average molecular weight is 367 g/mol. The van der Waals surface area contributed by atoms with Crippen LogP contribution in [0.5, 0.6) is 0 Å². The lowest BCUT2D eigenvalue weighted by Crippen LogP contribution is -2.18. The first kappa shape index (κ1) is 16.3. The van der Waals surface area contributed by atoms with E-state index in [1.54, 1.807) is 53.6 Å². The first-order valence-electron chi connectivity index (χ1n) is 8.06. The molecule has 132 valence electrons. The van der Waals surface area contributed by atoms with Gasteiger partial charge in [0.2, 0.25) is 0 Å². The van der Waals surface area contributed by atoms with Crippen LogP contribution in [-0.2, 0) is 16.6 Å². The summed E-state index contributed by atoms with van der Waals surface area (Å²) in [4.78, 5) is 4.32. The predicted octanol–water partition coefficient (Wildman–Crippen LogP) is 2.94. The molecular formula is C18H17N5O2S. The van der Waals surface area contributed by atoms with Crippen LogP contribution >= 0.6 is 0 Å².